The Morgan fingerprint density at radius 1 is 1.00 bits per heavy atom. The predicted octanol–water partition coefficient (Wildman–Crippen LogP) is 2.45. The Morgan fingerprint density at radius 2 is 1.79 bits per heavy atom. The van der Waals surface area contributed by atoms with Crippen LogP contribution in [0.2, 0.25) is 0 Å². The van der Waals surface area contributed by atoms with Gasteiger partial charge in [-0.05, 0) is 23.8 Å². The number of benzene rings is 2. The molecule has 1 aromatic heterocycles. The molecule has 138 valence electrons. The lowest BCUT2D eigenvalue weighted by molar-refractivity contribution is -0.116. The smallest absolute Gasteiger partial charge is 0.271 e. The van der Waals surface area contributed by atoms with Crippen molar-refractivity contribution in [3.8, 4) is 16.9 Å². The maximum atomic E-state index is 12.3. The van der Waals surface area contributed by atoms with E-state index in [1.165, 1.54) is 22.5 Å². The van der Waals surface area contributed by atoms with Crippen LogP contribution in [0.25, 0.3) is 16.9 Å². The molecule has 0 aliphatic carbocycles. The standard InChI is InChI=1S/C20H15N5O2S/c26-18-13-28-20(22-18)23-21-12-14-6-8-16(9-7-14)25-19(27)11-10-17(24-25)15-4-2-1-3-5-15/h1-12H,13H2,(H,22,23,26). The number of aromatic nitrogens is 2. The van der Waals surface area contributed by atoms with Crippen LogP contribution in [-0.4, -0.2) is 32.8 Å². The molecule has 0 radical (unpaired) electrons. The first-order valence-electron chi connectivity index (χ1n) is 8.49. The summed E-state index contributed by atoms with van der Waals surface area (Å²) >= 11 is 1.32. The zero-order valence-electron chi connectivity index (χ0n) is 14.6. The lowest BCUT2D eigenvalue weighted by atomic mass is 10.1. The van der Waals surface area contributed by atoms with Crippen molar-refractivity contribution in [3.63, 3.8) is 0 Å². The van der Waals surface area contributed by atoms with Crippen LogP contribution in [0.15, 0.2) is 81.7 Å². The minimum absolute atomic E-state index is 0.0704. The Labute approximate surface area is 164 Å². The van der Waals surface area contributed by atoms with Crippen molar-refractivity contribution in [2.45, 2.75) is 0 Å². The highest BCUT2D eigenvalue weighted by Crippen LogP contribution is 2.15. The Balaban J connectivity index is 1.55. The van der Waals surface area contributed by atoms with Crippen molar-refractivity contribution >= 4 is 29.1 Å². The molecule has 2 heterocycles. The zero-order chi connectivity index (χ0) is 19.3. The summed E-state index contributed by atoms with van der Waals surface area (Å²) in [6.45, 7) is 0. The number of hydrogen-bond acceptors (Lipinski definition) is 6. The van der Waals surface area contributed by atoms with E-state index in [-0.39, 0.29) is 11.5 Å². The molecular weight excluding hydrogens is 374 g/mol. The second kappa shape index (κ2) is 8.01. The molecule has 1 fully saturated rings. The van der Waals surface area contributed by atoms with Gasteiger partial charge >= 0.3 is 0 Å². The van der Waals surface area contributed by atoms with Gasteiger partial charge in [-0.3, -0.25) is 9.59 Å². The first-order chi connectivity index (χ1) is 13.7. The summed E-state index contributed by atoms with van der Waals surface area (Å²) in [5, 5.41) is 15.5. The molecule has 0 spiro atoms. The SMILES string of the molecule is O=C1CSC(=NN=Cc2ccc(-n3nc(-c4ccccc4)ccc3=O)cc2)N1. The average Bonchev–Trinajstić information content (AvgIpc) is 3.15. The Morgan fingerprint density at radius 3 is 2.50 bits per heavy atom. The molecule has 0 saturated carbocycles. The van der Waals surface area contributed by atoms with E-state index in [4.69, 9.17) is 0 Å². The number of nitrogens with one attached hydrogen (secondary N) is 1. The van der Waals surface area contributed by atoms with Crippen LogP contribution in [0.5, 0.6) is 0 Å². The molecule has 3 aromatic rings. The van der Waals surface area contributed by atoms with Crippen LogP contribution in [0.4, 0.5) is 0 Å². The molecule has 1 saturated heterocycles. The molecule has 2 aromatic carbocycles. The van der Waals surface area contributed by atoms with Gasteiger partial charge in [0.15, 0.2) is 5.17 Å². The third kappa shape index (κ3) is 4.07. The van der Waals surface area contributed by atoms with E-state index in [1.54, 1.807) is 24.4 Å². The monoisotopic (exact) mass is 389 g/mol. The average molecular weight is 389 g/mol. The molecular formula is C20H15N5O2S. The Kier molecular flexibility index (Phi) is 5.11. The van der Waals surface area contributed by atoms with Gasteiger partial charge in [0, 0.05) is 11.6 Å². The van der Waals surface area contributed by atoms with Gasteiger partial charge in [0.2, 0.25) is 5.91 Å². The number of hydrogen-bond donors (Lipinski definition) is 1. The molecule has 7 nitrogen and oxygen atoms in total. The molecule has 0 bridgehead atoms. The third-order valence-corrected chi connectivity index (χ3v) is 4.81. The van der Waals surface area contributed by atoms with Crippen LogP contribution < -0.4 is 10.9 Å². The van der Waals surface area contributed by atoms with E-state index in [2.05, 4.69) is 20.6 Å². The van der Waals surface area contributed by atoms with Gasteiger partial charge < -0.3 is 5.32 Å². The summed E-state index contributed by atoms with van der Waals surface area (Å²) < 4.78 is 1.37. The van der Waals surface area contributed by atoms with Gasteiger partial charge in [0.1, 0.15) is 0 Å². The third-order valence-electron chi connectivity index (χ3n) is 3.95. The summed E-state index contributed by atoms with van der Waals surface area (Å²) in [6, 6.07) is 20.1. The van der Waals surface area contributed by atoms with Crippen LogP contribution in [0, 0.1) is 0 Å². The summed E-state index contributed by atoms with van der Waals surface area (Å²) in [4.78, 5) is 23.4. The van der Waals surface area contributed by atoms with Crippen molar-refractivity contribution < 1.29 is 4.79 Å². The minimum Gasteiger partial charge on any atom is -0.303 e. The number of carbonyl (C=O) groups excluding carboxylic acids is 1. The van der Waals surface area contributed by atoms with Crippen molar-refractivity contribution in [3.05, 3.63) is 82.6 Å². The molecule has 1 aliphatic rings. The van der Waals surface area contributed by atoms with Gasteiger partial charge in [-0.2, -0.15) is 14.9 Å². The summed E-state index contributed by atoms with van der Waals surface area (Å²) in [6.07, 6.45) is 1.58. The summed E-state index contributed by atoms with van der Waals surface area (Å²) in [5.74, 6) is 0.298. The highest BCUT2D eigenvalue weighted by molar-refractivity contribution is 8.15. The van der Waals surface area contributed by atoms with Crippen LogP contribution >= 0.6 is 11.8 Å². The van der Waals surface area contributed by atoms with E-state index < -0.39 is 0 Å². The van der Waals surface area contributed by atoms with E-state index in [9.17, 15) is 9.59 Å². The van der Waals surface area contributed by atoms with E-state index in [1.807, 2.05) is 42.5 Å². The van der Waals surface area contributed by atoms with Crippen molar-refractivity contribution in [1.29, 1.82) is 0 Å². The van der Waals surface area contributed by atoms with Gasteiger partial charge in [0.05, 0.1) is 23.3 Å². The molecule has 1 amide bonds. The summed E-state index contributed by atoms with van der Waals surface area (Å²) in [7, 11) is 0. The Hall–Kier alpha value is -3.52. The second-order valence-electron chi connectivity index (χ2n) is 5.91. The van der Waals surface area contributed by atoms with Crippen LogP contribution in [-0.2, 0) is 4.79 Å². The number of carbonyl (C=O) groups is 1. The quantitative estimate of drug-likeness (QED) is 0.548. The van der Waals surface area contributed by atoms with Crippen LogP contribution in [0.3, 0.4) is 0 Å². The van der Waals surface area contributed by atoms with Gasteiger partial charge in [0.25, 0.3) is 5.56 Å². The molecule has 0 atom stereocenters. The fourth-order valence-corrected chi connectivity index (χ4v) is 3.22. The zero-order valence-corrected chi connectivity index (χ0v) is 15.5. The lowest BCUT2D eigenvalue weighted by Gasteiger charge is -2.07. The number of amidine groups is 1. The van der Waals surface area contributed by atoms with E-state index in [0.29, 0.717) is 16.6 Å². The van der Waals surface area contributed by atoms with E-state index >= 15 is 0 Å². The molecule has 1 aliphatic heterocycles. The summed E-state index contributed by atoms with van der Waals surface area (Å²) in [5.41, 5.74) is 2.93. The molecule has 8 heteroatoms. The van der Waals surface area contributed by atoms with Gasteiger partial charge in [-0.15, -0.1) is 5.10 Å². The molecule has 28 heavy (non-hydrogen) atoms. The number of thioether (sulfide) groups is 1. The van der Waals surface area contributed by atoms with Gasteiger partial charge in [-0.1, -0.05) is 54.2 Å². The fraction of sp³-hybridized carbons (Fsp3) is 0.0500. The lowest BCUT2D eigenvalue weighted by Crippen LogP contribution is -2.20. The first-order valence-corrected chi connectivity index (χ1v) is 9.47. The number of nitrogens with zero attached hydrogens (tertiary/aromatic N) is 4. The molecule has 1 N–H and O–H groups in total. The predicted molar refractivity (Wildman–Crippen MR) is 111 cm³/mol. The van der Waals surface area contributed by atoms with Crippen molar-refractivity contribution in [2.24, 2.45) is 10.2 Å². The first kappa shape index (κ1) is 17.9. The number of amides is 1. The fourth-order valence-electron chi connectivity index (χ4n) is 2.59. The molecule has 0 unspecified atom stereocenters. The number of rotatable bonds is 4. The topological polar surface area (TPSA) is 88.7 Å². The van der Waals surface area contributed by atoms with E-state index in [0.717, 1.165) is 16.8 Å². The molecule has 4 rings (SSSR count). The van der Waals surface area contributed by atoms with Crippen molar-refractivity contribution in [1.82, 2.24) is 15.1 Å². The van der Waals surface area contributed by atoms with Crippen molar-refractivity contribution in [2.75, 3.05) is 5.75 Å². The minimum atomic E-state index is -0.207. The van der Waals surface area contributed by atoms with Gasteiger partial charge in [-0.25, -0.2) is 0 Å². The van der Waals surface area contributed by atoms with Crippen LogP contribution in [0.1, 0.15) is 5.56 Å². The normalized spacial score (nSPS) is 15.3. The maximum Gasteiger partial charge on any atom is 0.271 e. The Bertz CT molecular complexity index is 1120. The largest absolute Gasteiger partial charge is 0.303 e. The second-order valence-corrected chi connectivity index (χ2v) is 6.88. The maximum absolute atomic E-state index is 12.3. The highest BCUT2D eigenvalue weighted by Gasteiger charge is 2.15. The highest BCUT2D eigenvalue weighted by atomic mass is 32.2.